The Morgan fingerprint density at radius 2 is 1.90 bits per heavy atom. The summed E-state index contributed by atoms with van der Waals surface area (Å²) in [5.41, 5.74) is 0.419. The average molecular weight is 289 g/mol. The summed E-state index contributed by atoms with van der Waals surface area (Å²) in [6.07, 6.45) is 4.12. The van der Waals surface area contributed by atoms with Crippen molar-refractivity contribution in [1.29, 1.82) is 0 Å². The summed E-state index contributed by atoms with van der Waals surface area (Å²) in [6, 6.07) is 9.99. The van der Waals surface area contributed by atoms with Crippen molar-refractivity contribution >= 4 is 11.7 Å². The molecule has 0 amide bonds. The molecule has 116 valence electrons. The maximum absolute atomic E-state index is 12.7. The minimum Gasteiger partial charge on any atom is -0.467 e. The van der Waals surface area contributed by atoms with Crippen LogP contribution in [0.3, 0.4) is 0 Å². The summed E-state index contributed by atoms with van der Waals surface area (Å²) in [5.74, 6) is 0.123. The van der Waals surface area contributed by atoms with Crippen molar-refractivity contribution in [3.63, 3.8) is 0 Å². The number of rotatable bonds is 3. The van der Waals surface area contributed by atoms with Crippen LogP contribution in [0.2, 0.25) is 0 Å². The molecule has 0 saturated heterocycles. The number of anilines is 1. The second-order valence-electron chi connectivity index (χ2n) is 7.12. The van der Waals surface area contributed by atoms with Crippen molar-refractivity contribution in [2.75, 3.05) is 12.4 Å². The van der Waals surface area contributed by atoms with Crippen LogP contribution in [0.25, 0.3) is 0 Å². The lowest BCUT2D eigenvalue weighted by atomic mass is 9.62. The summed E-state index contributed by atoms with van der Waals surface area (Å²) < 4.78 is 5.19. The fourth-order valence-electron chi connectivity index (χ4n) is 3.75. The Labute approximate surface area is 128 Å². The van der Waals surface area contributed by atoms with Gasteiger partial charge in [0.15, 0.2) is 0 Å². The lowest BCUT2D eigenvalue weighted by Gasteiger charge is -2.48. The molecule has 0 bridgehead atoms. The van der Waals surface area contributed by atoms with E-state index in [1.807, 2.05) is 30.3 Å². The first-order valence-electron chi connectivity index (χ1n) is 7.82. The van der Waals surface area contributed by atoms with Gasteiger partial charge in [0, 0.05) is 5.69 Å². The van der Waals surface area contributed by atoms with Crippen LogP contribution in [-0.4, -0.2) is 18.6 Å². The summed E-state index contributed by atoms with van der Waals surface area (Å²) in [5, 5.41) is 3.53. The van der Waals surface area contributed by atoms with Crippen LogP contribution in [0.15, 0.2) is 30.3 Å². The molecule has 0 heterocycles. The molecule has 1 fully saturated rings. The van der Waals surface area contributed by atoms with Gasteiger partial charge in [-0.05, 0) is 36.3 Å². The van der Waals surface area contributed by atoms with Gasteiger partial charge in [-0.3, -0.25) is 0 Å². The predicted molar refractivity (Wildman–Crippen MR) is 86.2 cm³/mol. The van der Waals surface area contributed by atoms with Gasteiger partial charge in [0.05, 0.1) is 7.11 Å². The topological polar surface area (TPSA) is 38.3 Å². The van der Waals surface area contributed by atoms with Crippen molar-refractivity contribution < 1.29 is 9.53 Å². The molecule has 2 unspecified atom stereocenters. The van der Waals surface area contributed by atoms with E-state index >= 15 is 0 Å². The van der Waals surface area contributed by atoms with E-state index in [1.165, 1.54) is 13.5 Å². The maximum Gasteiger partial charge on any atom is 0.331 e. The van der Waals surface area contributed by atoms with E-state index in [1.54, 1.807) is 0 Å². The standard InChI is InChI=1S/C18H27NO2/c1-17(2,3)15-12-8-9-13-18(15,16(20)21-4)19-14-10-6-5-7-11-14/h5-7,10-11,15,19H,8-9,12-13H2,1-4H3. The van der Waals surface area contributed by atoms with Crippen LogP contribution in [-0.2, 0) is 9.53 Å². The van der Waals surface area contributed by atoms with Gasteiger partial charge in [-0.25, -0.2) is 4.79 Å². The van der Waals surface area contributed by atoms with Crippen molar-refractivity contribution in [2.45, 2.75) is 52.0 Å². The highest BCUT2D eigenvalue weighted by molar-refractivity contribution is 5.85. The van der Waals surface area contributed by atoms with E-state index in [4.69, 9.17) is 4.74 Å². The zero-order valence-electron chi connectivity index (χ0n) is 13.6. The van der Waals surface area contributed by atoms with Crippen molar-refractivity contribution in [3.8, 4) is 0 Å². The van der Waals surface area contributed by atoms with Crippen LogP contribution in [0.5, 0.6) is 0 Å². The number of nitrogens with one attached hydrogen (secondary N) is 1. The smallest absolute Gasteiger partial charge is 0.331 e. The molecule has 1 aliphatic carbocycles. The molecule has 1 saturated carbocycles. The molecule has 1 N–H and O–H groups in total. The quantitative estimate of drug-likeness (QED) is 0.846. The van der Waals surface area contributed by atoms with Crippen LogP contribution < -0.4 is 5.32 Å². The van der Waals surface area contributed by atoms with E-state index in [0.717, 1.165) is 24.9 Å². The third-order valence-electron chi connectivity index (χ3n) is 4.64. The van der Waals surface area contributed by atoms with Crippen molar-refractivity contribution in [3.05, 3.63) is 30.3 Å². The molecular weight excluding hydrogens is 262 g/mol. The van der Waals surface area contributed by atoms with Gasteiger partial charge in [-0.15, -0.1) is 0 Å². The molecule has 0 spiro atoms. The largest absolute Gasteiger partial charge is 0.467 e. The number of hydrogen-bond donors (Lipinski definition) is 1. The second-order valence-corrected chi connectivity index (χ2v) is 7.12. The van der Waals surface area contributed by atoms with Gasteiger partial charge in [0.25, 0.3) is 0 Å². The van der Waals surface area contributed by atoms with Crippen molar-refractivity contribution in [2.24, 2.45) is 11.3 Å². The van der Waals surface area contributed by atoms with Crippen LogP contribution in [0, 0.1) is 11.3 Å². The van der Waals surface area contributed by atoms with E-state index in [2.05, 4.69) is 26.1 Å². The molecule has 3 nitrogen and oxygen atoms in total. The first kappa shape index (κ1) is 15.9. The highest BCUT2D eigenvalue weighted by Crippen LogP contribution is 2.46. The van der Waals surface area contributed by atoms with Gasteiger partial charge in [-0.2, -0.15) is 0 Å². The van der Waals surface area contributed by atoms with E-state index in [-0.39, 0.29) is 17.3 Å². The van der Waals surface area contributed by atoms with E-state index in [9.17, 15) is 4.79 Å². The monoisotopic (exact) mass is 289 g/mol. The lowest BCUT2D eigenvalue weighted by molar-refractivity contribution is -0.151. The number of ether oxygens (including phenoxy) is 1. The van der Waals surface area contributed by atoms with Gasteiger partial charge in [-0.1, -0.05) is 51.8 Å². The number of carbonyl (C=O) groups excluding carboxylic acids is 1. The first-order valence-corrected chi connectivity index (χ1v) is 7.82. The minimum absolute atomic E-state index is 0.0520. The molecule has 2 rings (SSSR count). The second kappa shape index (κ2) is 6.08. The molecule has 0 radical (unpaired) electrons. The van der Waals surface area contributed by atoms with Gasteiger partial charge in [0.1, 0.15) is 5.54 Å². The number of hydrogen-bond acceptors (Lipinski definition) is 3. The molecule has 3 heteroatoms. The molecule has 0 aromatic heterocycles. The van der Waals surface area contributed by atoms with Crippen LogP contribution >= 0.6 is 0 Å². The average Bonchev–Trinajstić information content (AvgIpc) is 2.46. The summed E-state index contributed by atoms with van der Waals surface area (Å²) in [7, 11) is 1.49. The fourth-order valence-corrected chi connectivity index (χ4v) is 3.75. The predicted octanol–water partition coefficient (Wildman–Crippen LogP) is 4.25. The van der Waals surface area contributed by atoms with Crippen LogP contribution in [0.4, 0.5) is 5.69 Å². The Morgan fingerprint density at radius 1 is 1.24 bits per heavy atom. The number of methoxy groups -OCH3 is 1. The molecule has 0 aliphatic heterocycles. The van der Waals surface area contributed by atoms with Gasteiger partial charge in [0.2, 0.25) is 0 Å². The third-order valence-corrected chi connectivity index (χ3v) is 4.64. The molecule has 2 atom stereocenters. The van der Waals surface area contributed by atoms with Gasteiger partial charge >= 0.3 is 5.97 Å². The van der Waals surface area contributed by atoms with Crippen LogP contribution in [0.1, 0.15) is 46.5 Å². The fraction of sp³-hybridized carbons (Fsp3) is 0.611. The number of para-hydroxylation sites is 1. The molecule has 1 aromatic carbocycles. The Kier molecular flexibility index (Phi) is 4.60. The molecule has 1 aliphatic rings. The highest BCUT2D eigenvalue weighted by Gasteiger charge is 2.52. The molecule has 1 aromatic rings. The number of esters is 1. The van der Waals surface area contributed by atoms with E-state index < -0.39 is 5.54 Å². The Morgan fingerprint density at radius 3 is 2.48 bits per heavy atom. The highest BCUT2D eigenvalue weighted by atomic mass is 16.5. The maximum atomic E-state index is 12.7. The summed E-state index contributed by atoms with van der Waals surface area (Å²) in [6.45, 7) is 6.65. The van der Waals surface area contributed by atoms with E-state index in [0.29, 0.717) is 0 Å². The Bertz CT molecular complexity index is 478. The normalized spacial score (nSPS) is 26.2. The SMILES string of the molecule is COC(=O)C1(Nc2ccccc2)CCCCC1C(C)(C)C. The number of benzene rings is 1. The zero-order chi connectivity index (χ0) is 15.5. The molecular formula is C18H27NO2. The van der Waals surface area contributed by atoms with Gasteiger partial charge < -0.3 is 10.1 Å². The third kappa shape index (κ3) is 3.22. The Hall–Kier alpha value is -1.51. The lowest BCUT2D eigenvalue weighted by Crippen LogP contribution is -2.58. The zero-order valence-corrected chi connectivity index (χ0v) is 13.6. The molecule has 21 heavy (non-hydrogen) atoms. The Balaban J connectivity index is 2.41. The minimum atomic E-state index is -0.618. The summed E-state index contributed by atoms with van der Waals surface area (Å²) in [4.78, 5) is 12.7. The number of carbonyl (C=O) groups is 1. The first-order chi connectivity index (χ1) is 9.90. The summed E-state index contributed by atoms with van der Waals surface area (Å²) >= 11 is 0. The van der Waals surface area contributed by atoms with Crippen molar-refractivity contribution in [1.82, 2.24) is 0 Å².